The molecule has 0 radical (unpaired) electrons. The van der Waals surface area contributed by atoms with E-state index in [9.17, 15) is 0 Å². The first kappa shape index (κ1) is 16.6. The zero-order valence-electron chi connectivity index (χ0n) is 15.0. The van der Waals surface area contributed by atoms with Crippen molar-refractivity contribution in [2.45, 2.75) is 85.0 Å². The summed E-state index contributed by atoms with van der Waals surface area (Å²) in [5.74, 6) is 1.74. The molecule has 0 amide bonds. The first-order valence-corrected chi connectivity index (χ1v) is 8.78. The highest BCUT2D eigenvalue weighted by Gasteiger charge is 2.27. The molecule has 0 aromatic heterocycles. The molecule has 0 heteroatoms. The highest BCUT2D eigenvalue weighted by Crippen LogP contribution is 2.39. The maximum absolute atomic E-state index is 2.40. The van der Waals surface area contributed by atoms with Crippen LogP contribution in [0.3, 0.4) is 0 Å². The van der Waals surface area contributed by atoms with Gasteiger partial charge in [0.2, 0.25) is 0 Å². The van der Waals surface area contributed by atoms with Crippen LogP contribution in [-0.4, -0.2) is 0 Å². The zero-order chi connectivity index (χ0) is 15.7. The van der Waals surface area contributed by atoms with Gasteiger partial charge in [0.1, 0.15) is 0 Å². The molecule has 118 valence electrons. The van der Waals surface area contributed by atoms with Crippen molar-refractivity contribution in [3.05, 3.63) is 35.4 Å². The van der Waals surface area contributed by atoms with E-state index >= 15 is 0 Å². The number of rotatable bonds is 3. The van der Waals surface area contributed by atoms with Gasteiger partial charge in [0.25, 0.3) is 0 Å². The Balaban J connectivity index is 2.08. The van der Waals surface area contributed by atoms with Crippen LogP contribution < -0.4 is 0 Å². The van der Waals surface area contributed by atoms with Crippen LogP contribution >= 0.6 is 0 Å². The Hall–Kier alpha value is -0.780. The molecule has 1 aliphatic carbocycles. The van der Waals surface area contributed by atoms with Crippen molar-refractivity contribution in [3.8, 4) is 0 Å². The Morgan fingerprint density at radius 1 is 0.857 bits per heavy atom. The van der Waals surface area contributed by atoms with Crippen molar-refractivity contribution < 1.29 is 0 Å². The van der Waals surface area contributed by atoms with Gasteiger partial charge in [-0.3, -0.25) is 0 Å². The Bertz CT molecular complexity index is 436. The average molecular weight is 287 g/mol. The van der Waals surface area contributed by atoms with Gasteiger partial charge in [0.15, 0.2) is 0 Å². The monoisotopic (exact) mass is 286 g/mol. The fourth-order valence-electron chi connectivity index (χ4n) is 4.23. The fraction of sp³-hybridized carbons (Fsp3) is 0.714. The fourth-order valence-corrected chi connectivity index (χ4v) is 4.23. The van der Waals surface area contributed by atoms with Gasteiger partial charge in [-0.25, -0.2) is 0 Å². The van der Waals surface area contributed by atoms with Gasteiger partial charge in [0.05, 0.1) is 0 Å². The van der Waals surface area contributed by atoms with Crippen LogP contribution in [0.25, 0.3) is 0 Å². The molecule has 0 atom stereocenters. The van der Waals surface area contributed by atoms with Gasteiger partial charge >= 0.3 is 0 Å². The molecule has 0 heterocycles. The van der Waals surface area contributed by atoms with Gasteiger partial charge < -0.3 is 0 Å². The predicted molar refractivity (Wildman–Crippen MR) is 93.9 cm³/mol. The third-order valence-corrected chi connectivity index (χ3v) is 5.15. The molecule has 0 bridgehead atoms. The second-order valence-corrected chi connectivity index (χ2v) is 9.20. The van der Waals surface area contributed by atoms with E-state index < -0.39 is 0 Å². The Morgan fingerprint density at radius 2 is 1.38 bits per heavy atom. The second kappa shape index (κ2) is 6.15. The summed E-state index contributed by atoms with van der Waals surface area (Å²) in [6.07, 6.45) is 6.79. The van der Waals surface area contributed by atoms with Gasteiger partial charge in [-0.2, -0.15) is 0 Å². The normalized spacial score (nSPS) is 24.1. The lowest BCUT2D eigenvalue weighted by Crippen LogP contribution is -2.24. The summed E-state index contributed by atoms with van der Waals surface area (Å²) >= 11 is 0. The quantitative estimate of drug-likeness (QED) is 0.580. The average Bonchev–Trinajstić information content (AvgIpc) is 2.37. The molecule has 1 aliphatic rings. The van der Waals surface area contributed by atoms with Crippen LogP contribution in [0.1, 0.15) is 90.7 Å². The molecule has 1 aromatic rings. The summed E-state index contributed by atoms with van der Waals surface area (Å²) in [4.78, 5) is 0. The summed E-state index contributed by atoms with van der Waals surface area (Å²) in [5, 5.41) is 0. The number of benzene rings is 1. The summed E-state index contributed by atoms with van der Waals surface area (Å²) in [5.41, 5.74) is 3.70. The van der Waals surface area contributed by atoms with Crippen LogP contribution in [0, 0.1) is 11.3 Å². The van der Waals surface area contributed by atoms with Crippen molar-refractivity contribution in [3.63, 3.8) is 0 Å². The highest BCUT2D eigenvalue weighted by molar-refractivity contribution is 5.30. The summed E-state index contributed by atoms with van der Waals surface area (Å²) in [6, 6.07) is 9.58. The van der Waals surface area contributed by atoms with E-state index in [0.29, 0.717) is 5.41 Å². The molecule has 0 aliphatic heterocycles. The Labute approximate surface area is 132 Å². The van der Waals surface area contributed by atoms with Crippen molar-refractivity contribution in [2.24, 2.45) is 11.3 Å². The van der Waals surface area contributed by atoms with Crippen molar-refractivity contribution in [1.29, 1.82) is 0 Å². The number of hydrogen-bond acceptors (Lipinski definition) is 0. The van der Waals surface area contributed by atoms with E-state index in [1.165, 1.54) is 37.7 Å². The van der Waals surface area contributed by atoms with E-state index in [4.69, 9.17) is 0 Å². The molecule has 0 saturated heterocycles. The van der Waals surface area contributed by atoms with E-state index in [1.54, 1.807) is 5.56 Å². The molecule has 2 rings (SSSR count). The Kier molecular flexibility index (Phi) is 4.85. The van der Waals surface area contributed by atoms with Crippen molar-refractivity contribution in [2.75, 3.05) is 0 Å². The van der Waals surface area contributed by atoms with Gasteiger partial charge in [0, 0.05) is 0 Å². The molecule has 0 N–H and O–H groups in total. The third kappa shape index (κ3) is 4.59. The lowest BCUT2D eigenvalue weighted by atomic mass is 9.72. The Morgan fingerprint density at radius 3 is 1.86 bits per heavy atom. The molecular formula is C21H34. The van der Waals surface area contributed by atoms with E-state index in [2.05, 4.69) is 65.8 Å². The van der Waals surface area contributed by atoms with Gasteiger partial charge in [-0.05, 0) is 53.1 Å². The molecule has 1 fully saturated rings. The van der Waals surface area contributed by atoms with Gasteiger partial charge in [-0.15, -0.1) is 0 Å². The summed E-state index contributed by atoms with van der Waals surface area (Å²) in [6.45, 7) is 14.2. The van der Waals surface area contributed by atoms with E-state index in [-0.39, 0.29) is 5.41 Å². The lowest BCUT2D eigenvalue weighted by molar-refractivity contribution is 0.284. The van der Waals surface area contributed by atoms with Crippen molar-refractivity contribution >= 4 is 0 Å². The maximum Gasteiger partial charge on any atom is -0.00986 e. The zero-order valence-corrected chi connectivity index (χ0v) is 15.0. The molecule has 1 aromatic carbocycles. The van der Waals surface area contributed by atoms with Crippen LogP contribution in [-0.2, 0) is 5.41 Å². The third-order valence-electron chi connectivity index (χ3n) is 5.15. The summed E-state index contributed by atoms with van der Waals surface area (Å²) in [7, 11) is 0. The minimum Gasteiger partial charge on any atom is -0.0625 e. The maximum atomic E-state index is 2.40. The molecule has 0 unspecified atom stereocenters. The first-order chi connectivity index (χ1) is 9.67. The molecule has 0 nitrogen and oxygen atoms in total. The topological polar surface area (TPSA) is 0 Å². The number of hydrogen-bond donors (Lipinski definition) is 0. The van der Waals surface area contributed by atoms with Crippen LogP contribution in [0.15, 0.2) is 24.3 Å². The molecule has 1 saturated carbocycles. The largest absolute Gasteiger partial charge is 0.0625 e. The second-order valence-electron chi connectivity index (χ2n) is 9.20. The standard InChI is InChI=1S/C21H34/c1-16-7-9-17(10-8-16)18-11-13-19(14-12-18)21(5,6)15-20(2,3)4/h11-14,16-17H,7-10,15H2,1-6H3. The predicted octanol–water partition coefficient (Wildman–Crippen LogP) is 6.69. The van der Waals surface area contributed by atoms with Crippen LogP contribution in [0.5, 0.6) is 0 Å². The lowest BCUT2D eigenvalue weighted by Gasteiger charge is -2.33. The first-order valence-electron chi connectivity index (χ1n) is 8.78. The van der Waals surface area contributed by atoms with Crippen LogP contribution in [0.2, 0.25) is 0 Å². The van der Waals surface area contributed by atoms with E-state index in [0.717, 1.165) is 11.8 Å². The molecular weight excluding hydrogens is 252 g/mol. The smallest absolute Gasteiger partial charge is 0.00986 e. The minimum absolute atomic E-state index is 0.262. The summed E-state index contributed by atoms with van der Waals surface area (Å²) < 4.78 is 0. The minimum atomic E-state index is 0.262. The SMILES string of the molecule is CC1CCC(c2ccc(C(C)(C)CC(C)(C)C)cc2)CC1. The molecule has 0 spiro atoms. The van der Waals surface area contributed by atoms with Crippen molar-refractivity contribution in [1.82, 2.24) is 0 Å². The highest BCUT2D eigenvalue weighted by atomic mass is 14.3. The van der Waals surface area contributed by atoms with Gasteiger partial charge in [-0.1, -0.05) is 78.6 Å². The van der Waals surface area contributed by atoms with Crippen LogP contribution in [0.4, 0.5) is 0 Å². The molecule has 21 heavy (non-hydrogen) atoms. The van der Waals surface area contributed by atoms with E-state index in [1.807, 2.05) is 0 Å².